The number of likely N-dealkylation sites (N-methyl/N-ethyl adjacent to an activating group) is 1. The van der Waals surface area contributed by atoms with Gasteiger partial charge in [-0.25, -0.2) is 0 Å². The number of hydrogen-bond acceptors (Lipinski definition) is 3. The quantitative estimate of drug-likeness (QED) is 0.866. The summed E-state index contributed by atoms with van der Waals surface area (Å²) in [6.07, 6.45) is 8.61. The van der Waals surface area contributed by atoms with Crippen LogP contribution in [-0.4, -0.2) is 55.1 Å². The summed E-state index contributed by atoms with van der Waals surface area (Å²) in [6.45, 7) is 5.87. The molecule has 2 N–H and O–H groups in total. The Bertz CT molecular complexity index is 573. The molecule has 0 aromatic heterocycles. The van der Waals surface area contributed by atoms with Crippen LogP contribution in [0.2, 0.25) is 0 Å². The van der Waals surface area contributed by atoms with Crippen molar-refractivity contribution >= 4 is 0 Å². The summed E-state index contributed by atoms with van der Waals surface area (Å²) < 4.78 is 0. The number of hydrogen-bond donors (Lipinski definition) is 1. The summed E-state index contributed by atoms with van der Waals surface area (Å²) in [5, 5.41) is 0. The van der Waals surface area contributed by atoms with Crippen LogP contribution in [0.25, 0.3) is 0 Å². The van der Waals surface area contributed by atoms with Gasteiger partial charge in [0.15, 0.2) is 0 Å². The maximum Gasteiger partial charge on any atom is 0.0463 e. The van der Waals surface area contributed by atoms with Crippen molar-refractivity contribution in [3.63, 3.8) is 0 Å². The van der Waals surface area contributed by atoms with Gasteiger partial charge in [0.2, 0.25) is 0 Å². The van der Waals surface area contributed by atoms with E-state index in [0.717, 1.165) is 13.1 Å². The Labute approximate surface area is 140 Å². The van der Waals surface area contributed by atoms with Crippen molar-refractivity contribution in [3.05, 3.63) is 47.5 Å². The van der Waals surface area contributed by atoms with E-state index in [-0.39, 0.29) is 5.54 Å². The number of rotatable bonds is 4. The van der Waals surface area contributed by atoms with E-state index >= 15 is 0 Å². The average molecular weight is 311 g/mol. The Kier molecular flexibility index (Phi) is 4.04. The maximum absolute atomic E-state index is 6.80. The van der Waals surface area contributed by atoms with Crippen molar-refractivity contribution in [2.24, 2.45) is 11.7 Å². The normalized spacial score (nSPS) is 34.3. The lowest BCUT2D eigenvalue weighted by Gasteiger charge is -2.31. The summed E-state index contributed by atoms with van der Waals surface area (Å²) in [4.78, 5) is 4.95. The smallest absolute Gasteiger partial charge is 0.0463 e. The van der Waals surface area contributed by atoms with Crippen LogP contribution >= 0.6 is 0 Å². The van der Waals surface area contributed by atoms with Crippen molar-refractivity contribution in [3.8, 4) is 0 Å². The molecule has 3 heteroatoms. The van der Waals surface area contributed by atoms with Gasteiger partial charge >= 0.3 is 0 Å². The molecule has 2 unspecified atom stereocenters. The Morgan fingerprint density at radius 1 is 1.13 bits per heavy atom. The third-order valence-corrected chi connectivity index (χ3v) is 6.11. The van der Waals surface area contributed by atoms with Gasteiger partial charge in [-0.3, -0.25) is 0 Å². The monoisotopic (exact) mass is 311 g/mol. The van der Waals surface area contributed by atoms with Gasteiger partial charge in [-0.2, -0.15) is 0 Å². The summed E-state index contributed by atoms with van der Waals surface area (Å²) in [6, 6.07) is 9.25. The highest BCUT2D eigenvalue weighted by Gasteiger charge is 2.49. The highest BCUT2D eigenvalue weighted by atomic mass is 15.2. The van der Waals surface area contributed by atoms with Crippen LogP contribution in [0.15, 0.2) is 36.4 Å². The molecule has 0 bridgehead atoms. The third kappa shape index (κ3) is 2.86. The van der Waals surface area contributed by atoms with E-state index in [2.05, 4.69) is 53.3 Å². The first-order valence-corrected chi connectivity index (χ1v) is 9.12. The molecule has 0 amide bonds. The molecule has 0 radical (unpaired) electrons. The van der Waals surface area contributed by atoms with Crippen LogP contribution in [-0.2, 0) is 6.42 Å². The van der Waals surface area contributed by atoms with Crippen LogP contribution in [0.4, 0.5) is 0 Å². The standard InChI is InChI=1S/C20H29N3/c1-22-14-18-8-9-19(20(18,21)15-22)17-6-4-16(5-7-17)10-13-23-11-2-3-12-23/h4-9,18-19H,2-3,10-15,21H2,1H3/t18?,19-,20?/m0/s1. The summed E-state index contributed by atoms with van der Waals surface area (Å²) in [5.41, 5.74) is 9.53. The molecule has 2 saturated heterocycles. The Hall–Kier alpha value is -1.16. The zero-order valence-corrected chi connectivity index (χ0v) is 14.2. The Balaban J connectivity index is 1.43. The van der Waals surface area contributed by atoms with Gasteiger partial charge in [0.05, 0.1) is 0 Å². The molecule has 1 aromatic carbocycles. The van der Waals surface area contributed by atoms with Crippen LogP contribution in [0.3, 0.4) is 0 Å². The van der Waals surface area contributed by atoms with Gasteiger partial charge in [0, 0.05) is 37.0 Å². The molecule has 0 saturated carbocycles. The van der Waals surface area contributed by atoms with Crippen molar-refractivity contribution in [2.45, 2.75) is 30.7 Å². The van der Waals surface area contributed by atoms with E-state index < -0.39 is 0 Å². The fraction of sp³-hybridized carbons (Fsp3) is 0.600. The van der Waals surface area contributed by atoms with E-state index in [0.29, 0.717) is 11.8 Å². The first-order chi connectivity index (χ1) is 11.1. The lowest BCUT2D eigenvalue weighted by molar-refractivity contribution is 0.343. The molecule has 1 aliphatic carbocycles. The van der Waals surface area contributed by atoms with E-state index in [1.807, 2.05) is 0 Å². The molecule has 3 nitrogen and oxygen atoms in total. The third-order valence-electron chi connectivity index (χ3n) is 6.11. The second kappa shape index (κ2) is 6.04. The van der Waals surface area contributed by atoms with Gasteiger partial charge in [-0.05, 0) is 50.5 Å². The SMILES string of the molecule is CN1CC2C=C[C@@H](c3ccc(CCN4CCCC4)cc3)C2(N)C1. The van der Waals surface area contributed by atoms with Crippen LogP contribution < -0.4 is 5.73 Å². The fourth-order valence-electron chi connectivity index (χ4n) is 4.75. The molecule has 0 spiro atoms. The Morgan fingerprint density at radius 3 is 2.61 bits per heavy atom. The number of fused-ring (bicyclic) bond motifs is 1. The number of nitrogens with zero attached hydrogens (tertiary/aromatic N) is 2. The highest BCUT2D eigenvalue weighted by Crippen LogP contribution is 2.44. The molecule has 4 rings (SSSR count). The molecule has 124 valence electrons. The minimum atomic E-state index is -0.105. The number of benzene rings is 1. The van der Waals surface area contributed by atoms with Crippen LogP contribution in [0.1, 0.15) is 29.9 Å². The molecule has 3 atom stereocenters. The fourth-order valence-corrected chi connectivity index (χ4v) is 4.75. The van der Waals surface area contributed by atoms with E-state index in [1.54, 1.807) is 0 Å². The molecular weight excluding hydrogens is 282 g/mol. The highest BCUT2D eigenvalue weighted by molar-refractivity contribution is 5.38. The Morgan fingerprint density at radius 2 is 1.87 bits per heavy atom. The molecular formula is C20H29N3. The van der Waals surface area contributed by atoms with E-state index in [1.165, 1.54) is 50.0 Å². The minimum Gasteiger partial charge on any atom is -0.323 e. The topological polar surface area (TPSA) is 32.5 Å². The number of nitrogens with two attached hydrogens (primary N) is 1. The van der Waals surface area contributed by atoms with E-state index in [9.17, 15) is 0 Å². The predicted molar refractivity (Wildman–Crippen MR) is 95.6 cm³/mol. The zero-order valence-electron chi connectivity index (χ0n) is 14.2. The van der Waals surface area contributed by atoms with Crippen molar-refractivity contribution in [1.29, 1.82) is 0 Å². The van der Waals surface area contributed by atoms with Gasteiger partial charge in [0.1, 0.15) is 0 Å². The molecule has 23 heavy (non-hydrogen) atoms. The van der Waals surface area contributed by atoms with Gasteiger partial charge in [-0.1, -0.05) is 36.4 Å². The van der Waals surface area contributed by atoms with Crippen LogP contribution in [0.5, 0.6) is 0 Å². The molecule has 2 fully saturated rings. The van der Waals surface area contributed by atoms with Gasteiger partial charge in [0.25, 0.3) is 0 Å². The van der Waals surface area contributed by atoms with Crippen molar-refractivity contribution in [2.75, 3.05) is 39.8 Å². The summed E-state index contributed by atoms with van der Waals surface area (Å²) >= 11 is 0. The second-order valence-electron chi connectivity index (χ2n) is 7.82. The van der Waals surface area contributed by atoms with Crippen molar-refractivity contribution < 1.29 is 0 Å². The average Bonchev–Trinajstić information content (AvgIpc) is 3.21. The lowest BCUT2D eigenvalue weighted by Crippen LogP contribution is -2.49. The largest absolute Gasteiger partial charge is 0.323 e. The van der Waals surface area contributed by atoms with Gasteiger partial charge in [-0.15, -0.1) is 0 Å². The summed E-state index contributed by atoms with van der Waals surface area (Å²) in [5.74, 6) is 0.873. The molecule has 2 heterocycles. The number of likely N-dealkylation sites (tertiary alicyclic amines) is 2. The minimum absolute atomic E-state index is 0.105. The maximum atomic E-state index is 6.80. The summed E-state index contributed by atoms with van der Waals surface area (Å²) in [7, 11) is 2.18. The first kappa shape index (κ1) is 15.4. The van der Waals surface area contributed by atoms with Gasteiger partial charge < -0.3 is 15.5 Å². The van der Waals surface area contributed by atoms with Crippen LogP contribution in [0, 0.1) is 5.92 Å². The second-order valence-corrected chi connectivity index (χ2v) is 7.82. The lowest BCUT2D eigenvalue weighted by atomic mass is 9.79. The molecule has 1 aromatic rings. The molecule has 3 aliphatic rings. The zero-order chi connectivity index (χ0) is 15.9. The van der Waals surface area contributed by atoms with E-state index in [4.69, 9.17) is 5.73 Å². The predicted octanol–water partition coefficient (Wildman–Crippen LogP) is 2.24. The van der Waals surface area contributed by atoms with Crippen molar-refractivity contribution in [1.82, 2.24) is 9.80 Å². The first-order valence-electron chi connectivity index (χ1n) is 9.12. The molecule has 2 aliphatic heterocycles.